The molecule has 1 rings (SSSR count). The SMILES string of the molecule is CCNC(=NC)NC(C)c1ccc(C)c(F)c1. The molecule has 0 aliphatic heterocycles. The molecule has 94 valence electrons. The lowest BCUT2D eigenvalue weighted by Crippen LogP contribution is -2.38. The third-order valence-corrected chi connectivity index (χ3v) is 2.62. The molecule has 0 spiro atoms. The van der Waals surface area contributed by atoms with E-state index < -0.39 is 0 Å². The molecule has 0 heterocycles. The minimum atomic E-state index is -0.172. The first-order valence-corrected chi connectivity index (χ1v) is 5.81. The first-order chi connectivity index (χ1) is 8.08. The molecule has 4 heteroatoms. The quantitative estimate of drug-likeness (QED) is 0.625. The highest BCUT2D eigenvalue weighted by molar-refractivity contribution is 5.80. The van der Waals surface area contributed by atoms with Gasteiger partial charge in [0.05, 0.1) is 6.04 Å². The van der Waals surface area contributed by atoms with Crippen molar-refractivity contribution in [1.82, 2.24) is 10.6 Å². The average Bonchev–Trinajstić information content (AvgIpc) is 2.31. The summed E-state index contributed by atoms with van der Waals surface area (Å²) < 4.78 is 13.4. The zero-order valence-corrected chi connectivity index (χ0v) is 10.8. The van der Waals surface area contributed by atoms with Gasteiger partial charge in [-0.1, -0.05) is 12.1 Å². The van der Waals surface area contributed by atoms with Crippen molar-refractivity contribution in [3.05, 3.63) is 35.1 Å². The number of rotatable bonds is 3. The van der Waals surface area contributed by atoms with Crippen LogP contribution in [0.15, 0.2) is 23.2 Å². The maximum Gasteiger partial charge on any atom is 0.191 e. The molecule has 0 fully saturated rings. The van der Waals surface area contributed by atoms with Crippen molar-refractivity contribution < 1.29 is 4.39 Å². The first-order valence-electron chi connectivity index (χ1n) is 5.81. The van der Waals surface area contributed by atoms with Crippen molar-refractivity contribution in [3.63, 3.8) is 0 Å². The Morgan fingerprint density at radius 2 is 2.18 bits per heavy atom. The molecule has 0 bridgehead atoms. The van der Waals surface area contributed by atoms with Gasteiger partial charge in [-0.25, -0.2) is 4.39 Å². The summed E-state index contributed by atoms with van der Waals surface area (Å²) in [5.74, 6) is 0.551. The lowest BCUT2D eigenvalue weighted by molar-refractivity contribution is 0.608. The zero-order valence-electron chi connectivity index (χ0n) is 10.8. The van der Waals surface area contributed by atoms with Crippen LogP contribution in [0.5, 0.6) is 0 Å². The summed E-state index contributed by atoms with van der Waals surface area (Å²) in [6.45, 7) is 6.54. The Morgan fingerprint density at radius 1 is 1.47 bits per heavy atom. The number of nitrogens with one attached hydrogen (secondary N) is 2. The minimum absolute atomic E-state index is 0.0165. The maximum absolute atomic E-state index is 13.4. The minimum Gasteiger partial charge on any atom is -0.357 e. The molecule has 2 N–H and O–H groups in total. The number of benzene rings is 1. The molecule has 0 amide bonds. The number of nitrogens with zero attached hydrogens (tertiary/aromatic N) is 1. The van der Waals surface area contributed by atoms with Crippen LogP contribution >= 0.6 is 0 Å². The Bertz CT molecular complexity index is 402. The molecular formula is C13H20FN3. The van der Waals surface area contributed by atoms with Crippen LogP contribution in [0, 0.1) is 12.7 Å². The summed E-state index contributed by atoms with van der Waals surface area (Å²) in [4.78, 5) is 4.08. The smallest absolute Gasteiger partial charge is 0.191 e. The fraction of sp³-hybridized carbons (Fsp3) is 0.462. The third-order valence-electron chi connectivity index (χ3n) is 2.62. The summed E-state index contributed by atoms with van der Waals surface area (Å²) in [5.41, 5.74) is 1.57. The molecule has 3 nitrogen and oxygen atoms in total. The number of hydrogen-bond acceptors (Lipinski definition) is 1. The second-order valence-corrected chi connectivity index (χ2v) is 3.98. The molecule has 0 aliphatic carbocycles. The molecule has 0 aromatic heterocycles. The summed E-state index contributed by atoms with van der Waals surface area (Å²) in [6, 6.07) is 5.29. The Hall–Kier alpha value is -1.58. The van der Waals surface area contributed by atoms with Crippen molar-refractivity contribution in [2.75, 3.05) is 13.6 Å². The monoisotopic (exact) mass is 237 g/mol. The Morgan fingerprint density at radius 3 is 2.71 bits per heavy atom. The van der Waals surface area contributed by atoms with Crippen molar-refractivity contribution in [3.8, 4) is 0 Å². The predicted molar refractivity (Wildman–Crippen MR) is 69.7 cm³/mol. The predicted octanol–water partition coefficient (Wildman–Crippen LogP) is 2.38. The van der Waals surface area contributed by atoms with Crippen LogP contribution in [0.2, 0.25) is 0 Å². The highest BCUT2D eigenvalue weighted by atomic mass is 19.1. The van der Waals surface area contributed by atoms with Gasteiger partial charge >= 0.3 is 0 Å². The summed E-state index contributed by atoms with van der Waals surface area (Å²) >= 11 is 0. The second kappa shape index (κ2) is 6.23. The Kier molecular flexibility index (Phi) is 4.94. The molecule has 1 aromatic rings. The lowest BCUT2D eigenvalue weighted by Gasteiger charge is -2.18. The van der Waals surface area contributed by atoms with Gasteiger partial charge in [-0.2, -0.15) is 0 Å². The van der Waals surface area contributed by atoms with E-state index in [-0.39, 0.29) is 11.9 Å². The summed E-state index contributed by atoms with van der Waals surface area (Å²) in [6.07, 6.45) is 0. The fourth-order valence-electron chi connectivity index (χ4n) is 1.53. The zero-order chi connectivity index (χ0) is 12.8. The fourth-order valence-corrected chi connectivity index (χ4v) is 1.53. The Labute approximate surface area is 102 Å². The lowest BCUT2D eigenvalue weighted by atomic mass is 10.1. The molecule has 0 radical (unpaired) electrons. The van der Waals surface area contributed by atoms with Gasteiger partial charge < -0.3 is 10.6 Å². The van der Waals surface area contributed by atoms with Crippen LogP contribution in [0.25, 0.3) is 0 Å². The van der Waals surface area contributed by atoms with Gasteiger partial charge in [0, 0.05) is 13.6 Å². The van der Waals surface area contributed by atoms with E-state index in [1.807, 2.05) is 19.9 Å². The summed E-state index contributed by atoms with van der Waals surface area (Å²) in [7, 11) is 1.72. The number of hydrogen-bond donors (Lipinski definition) is 2. The van der Waals surface area contributed by atoms with Crippen molar-refractivity contribution in [2.24, 2.45) is 4.99 Å². The molecule has 1 atom stereocenters. The van der Waals surface area contributed by atoms with Crippen LogP contribution in [0.3, 0.4) is 0 Å². The molecule has 0 saturated heterocycles. The van der Waals surface area contributed by atoms with E-state index >= 15 is 0 Å². The maximum atomic E-state index is 13.4. The van der Waals surface area contributed by atoms with Crippen LogP contribution < -0.4 is 10.6 Å². The van der Waals surface area contributed by atoms with Gasteiger partial charge in [0.1, 0.15) is 5.82 Å². The van der Waals surface area contributed by atoms with Crippen LogP contribution in [0.1, 0.15) is 31.0 Å². The van der Waals surface area contributed by atoms with E-state index in [0.717, 1.165) is 18.1 Å². The van der Waals surface area contributed by atoms with E-state index in [9.17, 15) is 4.39 Å². The third kappa shape index (κ3) is 3.73. The molecule has 0 saturated carbocycles. The molecule has 0 aliphatic rings. The van der Waals surface area contributed by atoms with E-state index in [1.54, 1.807) is 26.1 Å². The Balaban J connectivity index is 2.75. The molecule has 17 heavy (non-hydrogen) atoms. The van der Waals surface area contributed by atoms with Gasteiger partial charge in [0.15, 0.2) is 5.96 Å². The van der Waals surface area contributed by atoms with Crippen molar-refractivity contribution in [2.45, 2.75) is 26.8 Å². The summed E-state index contributed by atoms with van der Waals surface area (Å²) in [5, 5.41) is 6.31. The second-order valence-electron chi connectivity index (χ2n) is 3.98. The van der Waals surface area contributed by atoms with Gasteiger partial charge in [-0.3, -0.25) is 4.99 Å². The average molecular weight is 237 g/mol. The van der Waals surface area contributed by atoms with Crippen LogP contribution in [-0.4, -0.2) is 19.6 Å². The largest absolute Gasteiger partial charge is 0.357 e. The number of guanidine groups is 1. The number of aliphatic imine (C=N–C) groups is 1. The van der Waals surface area contributed by atoms with E-state index in [1.165, 1.54) is 0 Å². The van der Waals surface area contributed by atoms with E-state index in [4.69, 9.17) is 0 Å². The van der Waals surface area contributed by atoms with Crippen LogP contribution in [-0.2, 0) is 0 Å². The standard InChI is InChI=1S/C13H20FN3/c1-5-16-13(15-4)17-10(3)11-7-6-9(2)12(14)8-11/h6-8,10H,5H2,1-4H3,(H2,15,16,17). The van der Waals surface area contributed by atoms with Crippen molar-refractivity contribution in [1.29, 1.82) is 0 Å². The van der Waals surface area contributed by atoms with Gasteiger partial charge in [-0.15, -0.1) is 0 Å². The first kappa shape index (κ1) is 13.5. The van der Waals surface area contributed by atoms with Gasteiger partial charge in [0.2, 0.25) is 0 Å². The van der Waals surface area contributed by atoms with Crippen molar-refractivity contribution >= 4 is 5.96 Å². The van der Waals surface area contributed by atoms with E-state index in [0.29, 0.717) is 5.56 Å². The van der Waals surface area contributed by atoms with Crippen LogP contribution in [0.4, 0.5) is 4.39 Å². The van der Waals surface area contributed by atoms with Gasteiger partial charge in [-0.05, 0) is 38.0 Å². The highest BCUT2D eigenvalue weighted by Gasteiger charge is 2.08. The topological polar surface area (TPSA) is 36.4 Å². The number of halogens is 1. The highest BCUT2D eigenvalue weighted by Crippen LogP contribution is 2.15. The molecular weight excluding hydrogens is 217 g/mol. The number of aryl methyl sites for hydroxylation is 1. The van der Waals surface area contributed by atoms with E-state index in [2.05, 4.69) is 15.6 Å². The molecule has 1 unspecified atom stereocenters. The normalized spacial score (nSPS) is 13.4. The molecule has 1 aromatic carbocycles. The van der Waals surface area contributed by atoms with Gasteiger partial charge in [0.25, 0.3) is 0 Å².